The number of nitro groups is 1. The van der Waals surface area contributed by atoms with Gasteiger partial charge in [0.1, 0.15) is 17.9 Å². The van der Waals surface area contributed by atoms with Crippen LogP contribution in [-0.2, 0) is 0 Å². The number of rotatable bonds is 6. The monoisotopic (exact) mass is 421 g/mol. The SMILES string of the molecule is COc1ccc(N2CCN(c3ncnc(Nc4ccc(C)cn4)c3[N+](=O)[O-])CC2)cc1. The van der Waals surface area contributed by atoms with E-state index in [0.717, 1.165) is 30.1 Å². The lowest BCUT2D eigenvalue weighted by Crippen LogP contribution is -2.47. The Morgan fingerprint density at radius 2 is 1.71 bits per heavy atom. The van der Waals surface area contributed by atoms with Gasteiger partial charge in [-0.2, -0.15) is 0 Å². The molecule has 0 aliphatic carbocycles. The van der Waals surface area contributed by atoms with Crippen molar-refractivity contribution in [3.63, 3.8) is 0 Å². The number of benzene rings is 1. The van der Waals surface area contributed by atoms with Gasteiger partial charge in [0.2, 0.25) is 11.6 Å². The number of anilines is 4. The molecule has 1 N–H and O–H groups in total. The maximum absolute atomic E-state index is 11.9. The Kier molecular flexibility index (Phi) is 5.78. The van der Waals surface area contributed by atoms with Gasteiger partial charge >= 0.3 is 5.69 Å². The topological polar surface area (TPSA) is 110 Å². The lowest BCUT2D eigenvalue weighted by atomic mass is 10.2. The third-order valence-electron chi connectivity index (χ3n) is 5.16. The molecule has 10 heteroatoms. The second-order valence-corrected chi connectivity index (χ2v) is 7.17. The first-order valence-electron chi connectivity index (χ1n) is 9.88. The third kappa shape index (κ3) is 4.47. The number of ether oxygens (including phenoxy) is 1. The summed E-state index contributed by atoms with van der Waals surface area (Å²) in [6.45, 7) is 4.57. The molecule has 0 amide bonds. The molecule has 160 valence electrons. The van der Waals surface area contributed by atoms with Crippen LogP contribution in [0.2, 0.25) is 0 Å². The van der Waals surface area contributed by atoms with Gasteiger partial charge in [-0.3, -0.25) is 10.1 Å². The molecule has 1 aliphatic rings. The Bertz CT molecular complexity index is 1050. The second kappa shape index (κ2) is 8.82. The van der Waals surface area contributed by atoms with E-state index in [-0.39, 0.29) is 11.5 Å². The summed E-state index contributed by atoms with van der Waals surface area (Å²) < 4.78 is 5.21. The van der Waals surface area contributed by atoms with Crippen molar-refractivity contribution < 1.29 is 9.66 Å². The molecule has 0 saturated carbocycles. The van der Waals surface area contributed by atoms with Gasteiger partial charge in [0, 0.05) is 38.1 Å². The van der Waals surface area contributed by atoms with Crippen molar-refractivity contribution in [1.29, 1.82) is 0 Å². The molecule has 0 unspecified atom stereocenters. The average molecular weight is 421 g/mol. The number of hydrogen-bond acceptors (Lipinski definition) is 9. The van der Waals surface area contributed by atoms with Crippen molar-refractivity contribution in [2.75, 3.05) is 48.4 Å². The molecule has 31 heavy (non-hydrogen) atoms. The van der Waals surface area contributed by atoms with E-state index < -0.39 is 4.92 Å². The lowest BCUT2D eigenvalue weighted by Gasteiger charge is -2.36. The number of piperazine rings is 1. The minimum absolute atomic E-state index is 0.129. The number of nitrogens with one attached hydrogen (secondary N) is 1. The van der Waals surface area contributed by atoms with Gasteiger partial charge in [-0.1, -0.05) is 6.07 Å². The number of nitrogens with zero attached hydrogens (tertiary/aromatic N) is 6. The summed E-state index contributed by atoms with van der Waals surface area (Å²) in [4.78, 5) is 28.2. The zero-order valence-electron chi connectivity index (χ0n) is 17.4. The normalized spacial score (nSPS) is 13.7. The molecule has 0 spiro atoms. The summed E-state index contributed by atoms with van der Waals surface area (Å²) in [5.41, 5.74) is 1.94. The number of aromatic nitrogens is 3. The highest BCUT2D eigenvalue weighted by Gasteiger charge is 2.29. The quantitative estimate of drug-likeness (QED) is 0.474. The van der Waals surface area contributed by atoms with Gasteiger partial charge in [-0.15, -0.1) is 0 Å². The second-order valence-electron chi connectivity index (χ2n) is 7.17. The van der Waals surface area contributed by atoms with E-state index in [2.05, 4.69) is 25.2 Å². The van der Waals surface area contributed by atoms with Crippen LogP contribution in [0.1, 0.15) is 5.56 Å². The summed E-state index contributed by atoms with van der Waals surface area (Å²) in [5, 5.41) is 14.8. The van der Waals surface area contributed by atoms with Crippen LogP contribution in [-0.4, -0.2) is 53.2 Å². The van der Waals surface area contributed by atoms with Gasteiger partial charge in [0.25, 0.3) is 0 Å². The number of aryl methyl sites for hydroxylation is 1. The van der Waals surface area contributed by atoms with E-state index in [4.69, 9.17) is 4.74 Å². The first-order valence-corrected chi connectivity index (χ1v) is 9.88. The zero-order valence-corrected chi connectivity index (χ0v) is 17.4. The Labute approximate surface area is 179 Å². The van der Waals surface area contributed by atoms with Crippen molar-refractivity contribution in [2.45, 2.75) is 6.92 Å². The van der Waals surface area contributed by atoms with Crippen LogP contribution < -0.4 is 19.9 Å². The molecule has 1 fully saturated rings. The first kappa shape index (κ1) is 20.3. The third-order valence-corrected chi connectivity index (χ3v) is 5.16. The van der Waals surface area contributed by atoms with Crippen LogP contribution >= 0.6 is 0 Å². The van der Waals surface area contributed by atoms with Crippen LogP contribution in [0, 0.1) is 17.0 Å². The summed E-state index contributed by atoms with van der Waals surface area (Å²) in [6.07, 6.45) is 3.03. The highest BCUT2D eigenvalue weighted by molar-refractivity contribution is 5.73. The minimum Gasteiger partial charge on any atom is -0.497 e. The van der Waals surface area contributed by atoms with Crippen LogP contribution in [0.5, 0.6) is 5.75 Å². The van der Waals surface area contributed by atoms with Crippen molar-refractivity contribution in [2.24, 2.45) is 0 Å². The van der Waals surface area contributed by atoms with E-state index in [1.165, 1.54) is 6.33 Å². The molecular weight excluding hydrogens is 398 g/mol. The van der Waals surface area contributed by atoms with Crippen molar-refractivity contribution in [3.05, 3.63) is 64.6 Å². The maximum Gasteiger partial charge on any atom is 0.353 e. The van der Waals surface area contributed by atoms with Crippen molar-refractivity contribution >= 4 is 28.8 Å². The molecule has 1 aliphatic heterocycles. The number of hydrogen-bond donors (Lipinski definition) is 1. The van der Waals surface area contributed by atoms with Gasteiger partial charge in [0.15, 0.2) is 0 Å². The Balaban J connectivity index is 1.52. The first-order chi connectivity index (χ1) is 15.0. The van der Waals surface area contributed by atoms with Gasteiger partial charge in [-0.25, -0.2) is 15.0 Å². The zero-order chi connectivity index (χ0) is 21.8. The highest BCUT2D eigenvalue weighted by atomic mass is 16.6. The smallest absolute Gasteiger partial charge is 0.353 e. The van der Waals surface area contributed by atoms with Gasteiger partial charge in [-0.05, 0) is 42.8 Å². The van der Waals surface area contributed by atoms with Crippen LogP contribution in [0.25, 0.3) is 0 Å². The van der Waals surface area contributed by atoms with Crippen LogP contribution in [0.15, 0.2) is 48.9 Å². The summed E-state index contributed by atoms with van der Waals surface area (Å²) in [7, 11) is 1.64. The van der Waals surface area contributed by atoms with Gasteiger partial charge in [0.05, 0.1) is 12.0 Å². The van der Waals surface area contributed by atoms with Crippen molar-refractivity contribution in [1.82, 2.24) is 15.0 Å². The summed E-state index contributed by atoms with van der Waals surface area (Å²) >= 11 is 0. The van der Waals surface area contributed by atoms with Crippen LogP contribution in [0.4, 0.5) is 28.8 Å². The molecule has 2 aromatic heterocycles. The Morgan fingerprint density at radius 1 is 1.00 bits per heavy atom. The fourth-order valence-corrected chi connectivity index (χ4v) is 3.49. The van der Waals surface area contributed by atoms with E-state index in [0.29, 0.717) is 24.7 Å². The summed E-state index contributed by atoms with van der Waals surface area (Å²) in [6, 6.07) is 11.5. The fourth-order valence-electron chi connectivity index (χ4n) is 3.49. The molecule has 4 rings (SSSR count). The predicted octanol–water partition coefficient (Wildman–Crippen LogP) is 3.17. The summed E-state index contributed by atoms with van der Waals surface area (Å²) in [5.74, 6) is 1.73. The van der Waals surface area contributed by atoms with E-state index in [1.54, 1.807) is 19.4 Å². The number of pyridine rings is 1. The molecule has 3 heterocycles. The Morgan fingerprint density at radius 3 is 2.32 bits per heavy atom. The minimum atomic E-state index is -0.443. The standard InChI is InChI=1S/C21H23N7O3/c1-15-3-8-18(22-13-15)25-20-19(28(29)30)21(24-14-23-20)27-11-9-26(10-12-27)16-4-6-17(31-2)7-5-16/h3-8,13-14H,9-12H2,1-2H3,(H,22,23,24,25). The molecule has 1 saturated heterocycles. The van der Waals surface area contributed by atoms with Gasteiger partial charge < -0.3 is 19.9 Å². The largest absolute Gasteiger partial charge is 0.497 e. The predicted molar refractivity (Wildman–Crippen MR) is 118 cm³/mol. The fraction of sp³-hybridized carbons (Fsp3) is 0.286. The molecule has 0 bridgehead atoms. The van der Waals surface area contributed by atoms with Crippen molar-refractivity contribution in [3.8, 4) is 5.75 Å². The number of methoxy groups -OCH3 is 1. The molecular formula is C21H23N7O3. The highest BCUT2D eigenvalue weighted by Crippen LogP contribution is 2.34. The lowest BCUT2D eigenvalue weighted by molar-refractivity contribution is -0.383. The maximum atomic E-state index is 11.9. The average Bonchev–Trinajstić information content (AvgIpc) is 2.80. The van der Waals surface area contributed by atoms with E-state index in [1.807, 2.05) is 42.2 Å². The molecule has 3 aromatic rings. The molecule has 1 aromatic carbocycles. The molecule has 10 nitrogen and oxygen atoms in total. The van der Waals surface area contributed by atoms with Crippen LogP contribution in [0.3, 0.4) is 0 Å². The molecule has 0 atom stereocenters. The molecule has 0 radical (unpaired) electrons. The Hall–Kier alpha value is -3.95. The van der Waals surface area contributed by atoms with E-state index >= 15 is 0 Å². The van der Waals surface area contributed by atoms with E-state index in [9.17, 15) is 10.1 Å².